The highest BCUT2D eigenvalue weighted by Crippen LogP contribution is 2.30. The molecule has 2 aromatic rings. The number of alkyl carbamates (subject to hydrolysis) is 1. The molecule has 4 amide bonds. The zero-order valence-corrected chi connectivity index (χ0v) is 26.7. The van der Waals surface area contributed by atoms with Gasteiger partial charge in [-0.15, -0.1) is 0 Å². The lowest BCUT2D eigenvalue weighted by Gasteiger charge is -2.39. The minimum Gasteiger partial charge on any atom is -0.497 e. The van der Waals surface area contributed by atoms with Crippen LogP contribution in [0.5, 0.6) is 5.75 Å². The Bertz CT molecular complexity index is 1220. The zero-order chi connectivity index (χ0) is 32.3. The van der Waals surface area contributed by atoms with Crippen LogP contribution in [-0.2, 0) is 19.1 Å². The molecule has 0 heterocycles. The van der Waals surface area contributed by atoms with E-state index in [4.69, 9.17) is 15.2 Å². The highest BCUT2D eigenvalue weighted by atomic mass is 16.6. The van der Waals surface area contributed by atoms with Gasteiger partial charge in [-0.05, 0) is 89.6 Å². The second kappa shape index (κ2) is 16.0. The molecule has 0 aliphatic carbocycles. The number of nitrogens with one attached hydrogen (secondary N) is 2. The molecular weight excluding hydrogens is 548 g/mol. The van der Waals surface area contributed by atoms with Crippen molar-refractivity contribution in [2.75, 3.05) is 12.4 Å². The molecule has 0 fully saturated rings. The van der Waals surface area contributed by atoms with Crippen molar-refractivity contribution in [3.63, 3.8) is 0 Å². The monoisotopic (exact) mass is 596 g/mol. The van der Waals surface area contributed by atoms with Crippen molar-refractivity contribution in [3.8, 4) is 5.75 Å². The first-order valence-corrected chi connectivity index (χ1v) is 14.7. The van der Waals surface area contributed by atoms with Gasteiger partial charge in [-0.3, -0.25) is 14.4 Å². The topological polar surface area (TPSA) is 140 Å². The van der Waals surface area contributed by atoms with E-state index in [1.165, 1.54) is 4.90 Å². The maximum Gasteiger partial charge on any atom is 0.408 e. The maximum absolute atomic E-state index is 14.5. The van der Waals surface area contributed by atoms with Gasteiger partial charge in [0.1, 0.15) is 23.4 Å². The van der Waals surface area contributed by atoms with Crippen LogP contribution in [0.3, 0.4) is 0 Å². The van der Waals surface area contributed by atoms with Crippen LogP contribution >= 0.6 is 0 Å². The summed E-state index contributed by atoms with van der Waals surface area (Å²) < 4.78 is 10.7. The van der Waals surface area contributed by atoms with E-state index in [1.54, 1.807) is 52.1 Å². The van der Waals surface area contributed by atoms with Gasteiger partial charge >= 0.3 is 6.09 Å². The summed E-state index contributed by atoms with van der Waals surface area (Å²) in [7, 11) is 1.56. The highest BCUT2D eigenvalue weighted by Gasteiger charge is 2.39. The van der Waals surface area contributed by atoms with Crippen molar-refractivity contribution in [2.24, 2.45) is 11.7 Å². The van der Waals surface area contributed by atoms with Crippen molar-refractivity contribution in [2.45, 2.75) is 97.9 Å². The molecule has 0 spiro atoms. The van der Waals surface area contributed by atoms with Gasteiger partial charge in [-0.1, -0.05) is 43.7 Å². The smallest absolute Gasteiger partial charge is 0.408 e. The van der Waals surface area contributed by atoms with Crippen LogP contribution in [0.25, 0.3) is 0 Å². The van der Waals surface area contributed by atoms with Gasteiger partial charge in [0.25, 0.3) is 5.91 Å². The first-order valence-electron chi connectivity index (χ1n) is 14.7. The number of hydrogen-bond donors (Lipinski definition) is 3. The fraction of sp³-hybridized carbons (Fsp3) is 0.515. The minimum absolute atomic E-state index is 0.0540. The number of ether oxygens (including phenoxy) is 2. The molecule has 10 heteroatoms. The summed E-state index contributed by atoms with van der Waals surface area (Å²) in [6.07, 6.45) is 0.405. The molecule has 0 radical (unpaired) electrons. The van der Waals surface area contributed by atoms with Gasteiger partial charge in [0.05, 0.1) is 7.11 Å². The quantitative estimate of drug-likeness (QED) is 0.263. The molecule has 4 N–H and O–H groups in total. The van der Waals surface area contributed by atoms with E-state index in [1.807, 2.05) is 38.1 Å². The first kappa shape index (κ1) is 35.1. The molecule has 2 aromatic carbocycles. The Morgan fingerprint density at radius 3 is 2.02 bits per heavy atom. The van der Waals surface area contributed by atoms with E-state index in [9.17, 15) is 19.2 Å². The molecule has 3 atom stereocenters. The lowest BCUT2D eigenvalue weighted by atomic mass is 9.96. The lowest BCUT2D eigenvalue weighted by Crippen LogP contribution is -2.55. The van der Waals surface area contributed by atoms with Crippen LogP contribution in [0.4, 0.5) is 10.5 Å². The predicted octanol–water partition coefficient (Wildman–Crippen LogP) is 5.50. The molecule has 10 nitrogen and oxygen atoms in total. The van der Waals surface area contributed by atoms with Crippen molar-refractivity contribution in [3.05, 3.63) is 59.7 Å². The summed E-state index contributed by atoms with van der Waals surface area (Å²) in [5, 5.41) is 5.59. The number of carbonyl (C=O) groups is 4. The van der Waals surface area contributed by atoms with E-state index in [0.29, 0.717) is 29.3 Å². The fourth-order valence-corrected chi connectivity index (χ4v) is 4.56. The predicted molar refractivity (Wildman–Crippen MR) is 168 cm³/mol. The Morgan fingerprint density at radius 2 is 1.51 bits per heavy atom. The number of methoxy groups -OCH3 is 1. The Hall–Kier alpha value is -4.08. The van der Waals surface area contributed by atoms with Crippen molar-refractivity contribution < 1.29 is 28.7 Å². The van der Waals surface area contributed by atoms with Gasteiger partial charge in [0, 0.05) is 18.2 Å². The van der Waals surface area contributed by atoms with Crippen molar-refractivity contribution >= 4 is 29.5 Å². The molecule has 0 bridgehead atoms. The number of rotatable bonds is 14. The van der Waals surface area contributed by atoms with E-state index >= 15 is 0 Å². The van der Waals surface area contributed by atoms with Gasteiger partial charge in [0.2, 0.25) is 11.8 Å². The van der Waals surface area contributed by atoms with Gasteiger partial charge < -0.3 is 30.7 Å². The lowest BCUT2D eigenvalue weighted by molar-refractivity contribution is -0.143. The number of anilines is 1. The van der Waals surface area contributed by atoms with E-state index in [0.717, 1.165) is 12.0 Å². The summed E-state index contributed by atoms with van der Waals surface area (Å²) in [6, 6.07) is 11.7. The van der Waals surface area contributed by atoms with Crippen LogP contribution < -0.4 is 21.1 Å². The van der Waals surface area contributed by atoms with Crippen LogP contribution in [0.15, 0.2) is 48.5 Å². The van der Waals surface area contributed by atoms with Crippen LogP contribution in [0.2, 0.25) is 0 Å². The fourth-order valence-electron chi connectivity index (χ4n) is 4.56. The van der Waals surface area contributed by atoms with Gasteiger partial charge in [0.15, 0.2) is 0 Å². The summed E-state index contributed by atoms with van der Waals surface area (Å²) in [5.41, 5.74) is 6.75. The van der Waals surface area contributed by atoms with Crippen molar-refractivity contribution in [1.82, 2.24) is 10.2 Å². The zero-order valence-electron chi connectivity index (χ0n) is 26.7. The third kappa shape index (κ3) is 11.6. The molecule has 0 aromatic heterocycles. The van der Waals surface area contributed by atoms with Crippen molar-refractivity contribution in [1.29, 1.82) is 0 Å². The van der Waals surface area contributed by atoms with Gasteiger partial charge in [-0.25, -0.2) is 4.79 Å². The average molecular weight is 597 g/mol. The summed E-state index contributed by atoms with van der Waals surface area (Å²) >= 11 is 0. The number of carbonyl (C=O) groups excluding carboxylic acids is 4. The number of nitrogens with two attached hydrogens (primary N) is 1. The number of nitrogens with zero attached hydrogens (tertiary/aromatic N) is 1. The molecule has 43 heavy (non-hydrogen) atoms. The standard InChI is InChI=1S/C33H48N4O6/c1-21(2)9-12-23(4)37(31(40)27(19-20-28(34)38)36-32(41)43-33(5,6)7)29(24-13-10-22(3)11-14-24)30(39)35-25-15-17-26(42-8)18-16-25/h10-11,13-18,21,23,27,29H,9,12,19-20H2,1-8H3,(H2,34,38)(H,35,39)(H,36,41). The molecule has 3 unspecified atom stereocenters. The second-order valence-electron chi connectivity index (χ2n) is 12.3. The number of amides is 4. The second-order valence-corrected chi connectivity index (χ2v) is 12.3. The molecular formula is C33H48N4O6. The van der Waals surface area contributed by atoms with E-state index < -0.39 is 47.5 Å². The molecule has 2 rings (SSSR count). The molecule has 0 saturated carbocycles. The number of benzene rings is 2. The van der Waals surface area contributed by atoms with Crippen LogP contribution in [0.1, 0.15) is 84.4 Å². The Kier molecular flexibility index (Phi) is 13.0. The molecule has 0 aliphatic rings. The largest absolute Gasteiger partial charge is 0.497 e. The minimum atomic E-state index is -1.16. The summed E-state index contributed by atoms with van der Waals surface area (Å²) in [5.74, 6) is -0.562. The van der Waals surface area contributed by atoms with E-state index in [-0.39, 0.29) is 12.8 Å². The first-order chi connectivity index (χ1) is 20.1. The average Bonchev–Trinajstić information content (AvgIpc) is 2.92. The number of hydrogen-bond acceptors (Lipinski definition) is 6. The molecule has 0 saturated heterocycles. The maximum atomic E-state index is 14.5. The Balaban J connectivity index is 2.61. The normalized spacial score (nSPS) is 13.4. The number of primary amides is 1. The summed E-state index contributed by atoms with van der Waals surface area (Å²) in [6.45, 7) is 13.1. The van der Waals surface area contributed by atoms with Crippen LogP contribution in [-0.4, -0.2) is 53.5 Å². The third-order valence-corrected chi connectivity index (χ3v) is 6.84. The van der Waals surface area contributed by atoms with Gasteiger partial charge in [-0.2, -0.15) is 0 Å². The third-order valence-electron chi connectivity index (χ3n) is 6.84. The number of aryl methyl sites for hydroxylation is 1. The summed E-state index contributed by atoms with van der Waals surface area (Å²) in [4.78, 5) is 54.7. The van der Waals surface area contributed by atoms with Crippen LogP contribution in [0, 0.1) is 12.8 Å². The Morgan fingerprint density at radius 1 is 0.907 bits per heavy atom. The SMILES string of the molecule is COc1ccc(NC(=O)C(c2ccc(C)cc2)N(C(=O)C(CCC(N)=O)NC(=O)OC(C)(C)C)C(C)CCC(C)C)cc1. The highest BCUT2D eigenvalue weighted by molar-refractivity contribution is 5.99. The van der Waals surface area contributed by atoms with E-state index in [2.05, 4.69) is 24.5 Å². The Labute approximate surface area is 255 Å². The molecule has 0 aliphatic heterocycles. The molecule has 236 valence electrons.